The maximum Gasteiger partial charge on any atom is 0.254 e. The lowest BCUT2D eigenvalue weighted by Crippen LogP contribution is -2.27. The number of ether oxygens (including phenoxy) is 1. The van der Waals surface area contributed by atoms with Crippen LogP contribution in [-0.2, 0) is 11.3 Å². The minimum atomic E-state index is -0.452. The van der Waals surface area contributed by atoms with Gasteiger partial charge in [0.05, 0.1) is 19.1 Å². The quantitative estimate of drug-likeness (QED) is 0.752. The van der Waals surface area contributed by atoms with E-state index in [1.807, 2.05) is 12.1 Å². The van der Waals surface area contributed by atoms with Gasteiger partial charge in [0.25, 0.3) is 5.56 Å². The number of aryl methyl sites for hydroxylation is 1. The summed E-state index contributed by atoms with van der Waals surface area (Å²) >= 11 is 0. The van der Waals surface area contributed by atoms with Crippen molar-refractivity contribution in [1.82, 2.24) is 9.55 Å². The lowest BCUT2D eigenvalue weighted by Gasteiger charge is -2.10. The minimum absolute atomic E-state index is 0.229. The van der Waals surface area contributed by atoms with Crippen LogP contribution in [0.3, 0.4) is 0 Å². The first-order valence-corrected chi connectivity index (χ1v) is 8.24. The molecule has 3 aromatic rings. The predicted molar refractivity (Wildman–Crippen MR) is 100 cm³/mol. The second kappa shape index (κ2) is 7.82. The highest BCUT2D eigenvalue weighted by Gasteiger charge is 2.11. The van der Waals surface area contributed by atoms with Crippen LogP contribution < -0.4 is 15.6 Å². The molecule has 0 unspecified atom stereocenters. The molecular weight excluding hydrogens is 349 g/mol. The molecule has 27 heavy (non-hydrogen) atoms. The summed E-state index contributed by atoms with van der Waals surface area (Å²) in [7, 11) is 1.54. The highest BCUT2D eigenvalue weighted by Crippen LogP contribution is 2.26. The first kappa shape index (κ1) is 18.3. The highest BCUT2D eigenvalue weighted by molar-refractivity contribution is 5.90. The second-order valence-electron chi connectivity index (χ2n) is 5.95. The number of carbonyl (C=O) groups is 1. The summed E-state index contributed by atoms with van der Waals surface area (Å²) in [5, 5.41) is 2.56. The molecule has 0 aliphatic heterocycles. The van der Waals surface area contributed by atoms with E-state index in [0.29, 0.717) is 28.3 Å². The molecule has 0 saturated heterocycles. The molecule has 0 saturated carbocycles. The second-order valence-corrected chi connectivity index (χ2v) is 5.95. The van der Waals surface area contributed by atoms with Gasteiger partial charge >= 0.3 is 0 Å². The van der Waals surface area contributed by atoms with Crippen molar-refractivity contribution in [2.45, 2.75) is 13.5 Å². The number of benzene rings is 2. The minimum Gasteiger partial charge on any atom is -0.496 e. The van der Waals surface area contributed by atoms with Gasteiger partial charge in [0, 0.05) is 17.3 Å². The Morgan fingerprint density at radius 2 is 2.00 bits per heavy atom. The molecule has 138 valence electrons. The van der Waals surface area contributed by atoms with Crippen LogP contribution in [0.5, 0.6) is 5.75 Å². The van der Waals surface area contributed by atoms with Crippen LogP contribution in [0.25, 0.3) is 11.3 Å². The first-order valence-electron chi connectivity index (χ1n) is 8.24. The number of amides is 1. The molecule has 0 aliphatic carbocycles. The third-order valence-corrected chi connectivity index (χ3v) is 4.03. The standard InChI is InChI=1S/C20H18FN3O3/c1-13-7-8-14(9-16(13)21)23-19(25)11-24-12-22-17(10-20(24)26)15-5-3-4-6-18(15)27-2/h3-10,12H,11H2,1-2H3,(H,23,25). The fourth-order valence-electron chi connectivity index (χ4n) is 2.57. The van der Waals surface area contributed by atoms with E-state index in [4.69, 9.17) is 4.74 Å². The van der Waals surface area contributed by atoms with E-state index in [-0.39, 0.29) is 12.1 Å². The fraction of sp³-hybridized carbons (Fsp3) is 0.150. The predicted octanol–water partition coefficient (Wildman–Crippen LogP) is 3.01. The van der Waals surface area contributed by atoms with E-state index in [2.05, 4.69) is 10.3 Å². The van der Waals surface area contributed by atoms with Crippen molar-refractivity contribution in [3.8, 4) is 17.0 Å². The molecule has 3 rings (SSSR count). The molecule has 1 aromatic heterocycles. The number of hydrogen-bond acceptors (Lipinski definition) is 4. The summed E-state index contributed by atoms with van der Waals surface area (Å²) < 4.78 is 20.0. The van der Waals surface area contributed by atoms with Gasteiger partial charge < -0.3 is 10.1 Å². The van der Waals surface area contributed by atoms with E-state index >= 15 is 0 Å². The summed E-state index contributed by atoms with van der Waals surface area (Å²) in [6.45, 7) is 1.41. The van der Waals surface area contributed by atoms with E-state index < -0.39 is 11.7 Å². The monoisotopic (exact) mass is 367 g/mol. The maximum atomic E-state index is 13.6. The molecule has 1 heterocycles. The van der Waals surface area contributed by atoms with Crippen LogP contribution in [0.2, 0.25) is 0 Å². The van der Waals surface area contributed by atoms with Crippen LogP contribution in [-0.4, -0.2) is 22.6 Å². The molecule has 0 bridgehead atoms. The summed E-state index contributed by atoms with van der Waals surface area (Å²) in [4.78, 5) is 28.7. The number of anilines is 1. The molecular formula is C20H18FN3O3. The van der Waals surface area contributed by atoms with Crippen molar-refractivity contribution in [3.63, 3.8) is 0 Å². The van der Waals surface area contributed by atoms with Gasteiger partial charge in [-0.05, 0) is 36.8 Å². The molecule has 0 fully saturated rings. The Kier molecular flexibility index (Phi) is 5.30. The number of hydrogen-bond donors (Lipinski definition) is 1. The van der Waals surface area contributed by atoms with Gasteiger partial charge in [0.1, 0.15) is 18.1 Å². The van der Waals surface area contributed by atoms with Crippen molar-refractivity contribution < 1.29 is 13.9 Å². The third-order valence-electron chi connectivity index (χ3n) is 4.03. The summed E-state index contributed by atoms with van der Waals surface area (Å²) in [6, 6.07) is 13.0. The Balaban J connectivity index is 1.77. The zero-order valence-electron chi connectivity index (χ0n) is 14.9. The average molecular weight is 367 g/mol. The van der Waals surface area contributed by atoms with Gasteiger partial charge in [-0.25, -0.2) is 9.37 Å². The van der Waals surface area contributed by atoms with Gasteiger partial charge in [-0.2, -0.15) is 0 Å². The lowest BCUT2D eigenvalue weighted by molar-refractivity contribution is -0.116. The Morgan fingerprint density at radius 1 is 1.22 bits per heavy atom. The Hall–Kier alpha value is -3.48. The normalized spacial score (nSPS) is 10.5. The Labute approximate surface area is 155 Å². The van der Waals surface area contributed by atoms with E-state index in [1.165, 1.54) is 30.1 Å². The van der Waals surface area contributed by atoms with Crippen LogP contribution >= 0.6 is 0 Å². The van der Waals surface area contributed by atoms with Crippen molar-refractivity contribution >= 4 is 11.6 Å². The Morgan fingerprint density at radius 3 is 2.70 bits per heavy atom. The zero-order chi connectivity index (χ0) is 19.4. The molecule has 0 spiro atoms. The molecule has 2 aromatic carbocycles. The van der Waals surface area contributed by atoms with Crippen LogP contribution in [0.1, 0.15) is 5.56 Å². The molecule has 0 atom stereocenters. The summed E-state index contributed by atoms with van der Waals surface area (Å²) in [5.74, 6) is -0.263. The maximum absolute atomic E-state index is 13.6. The number of para-hydroxylation sites is 1. The SMILES string of the molecule is COc1ccccc1-c1cc(=O)n(CC(=O)Nc2ccc(C)c(F)c2)cn1. The number of methoxy groups -OCH3 is 1. The molecule has 1 amide bonds. The molecule has 7 heteroatoms. The number of nitrogens with one attached hydrogen (secondary N) is 1. The Bertz CT molecular complexity index is 1050. The topological polar surface area (TPSA) is 73.2 Å². The zero-order valence-corrected chi connectivity index (χ0v) is 14.9. The molecule has 0 aliphatic rings. The van der Waals surface area contributed by atoms with Crippen molar-refractivity contribution in [1.29, 1.82) is 0 Å². The van der Waals surface area contributed by atoms with Gasteiger partial charge in [0.15, 0.2) is 0 Å². The largest absolute Gasteiger partial charge is 0.496 e. The van der Waals surface area contributed by atoms with Crippen LogP contribution in [0, 0.1) is 12.7 Å². The lowest BCUT2D eigenvalue weighted by atomic mass is 10.1. The van der Waals surface area contributed by atoms with Gasteiger partial charge in [-0.1, -0.05) is 18.2 Å². The molecule has 6 nitrogen and oxygen atoms in total. The number of rotatable bonds is 5. The van der Waals surface area contributed by atoms with E-state index in [9.17, 15) is 14.0 Å². The number of carbonyl (C=O) groups excluding carboxylic acids is 1. The first-order chi connectivity index (χ1) is 13.0. The van der Waals surface area contributed by atoms with E-state index in [1.54, 1.807) is 31.2 Å². The highest BCUT2D eigenvalue weighted by atomic mass is 19.1. The van der Waals surface area contributed by atoms with Crippen molar-refractivity contribution in [2.24, 2.45) is 0 Å². The van der Waals surface area contributed by atoms with Crippen molar-refractivity contribution in [2.75, 3.05) is 12.4 Å². The fourth-order valence-corrected chi connectivity index (χ4v) is 2.57. The summed E-state index contributed by atoms with van der Waals surface area (Å²) in [6.07, 6.45) is 1.30. The average Bonchev–Trinajstić information content (AvgIpc) is 2.66. The number of nitrogens with zero attached hydrogens (tertiary/aromatic N) is 2. The smallest absolute Gasteiger partial charge is 0.254 e. The van der Waals surface area contributed by atoms with Crippen LogP contribution in [0.4, 0.5) is 10.1 Å². The van der Waals surface area contributed by atoms with Crippen molar-refractivity contribution in [3.05, 3.63) is 76.6 Å². The number of halogens is 1. The summed E-state index contributed by atoms with van der Waals surface area (Å²) in [5.41, 5.74) is 1.57. The van der Waals surface area contributed by atoms with Crippen LogP contribution in [0.15, 0.2) is 59.7 Å². The third kappa shape index (κ3) is 4.20. The molecule has 0 radical (unpaired) electrons. The van der Waals surface area contributed by atoms with Gasteiger partial charge in [-0.3, -0.25) is 14.2 Å². The van der Waals surface area contributed by atoms with Gasteiger partial charge in [-0.15, -0.1) is 0 Å². The molecule has 1 N–H and O–H groups in total. The van der Waals surface area contributed by atoms with E-state index in [0.717, 1.165) is 0 Å². The van der Waals surface area contributed by atoms with Gasteiger partial charge in [0.2, 0.25) is 5.91 Å². The number of aromatic nitrogens is 2.